The van der Waals surface area contributed by atoms with Crippen LogP contribution in [-0.4, -0.2) is 5.78 Å². The van der Waals surface area contributed by atoms with Crippen LogP contribution in [0.15, 0.2) is 42.0 Å². The third-order valence-electron chi connectivity index (χ3n) is 4.03. The number of hydrogen-bond donors (Lipinski definition) is 0. The molecule has 1 aliphatic rings. The SMILES string of the molecule is Cc1ccc2c(c1)C(=O)C(=C(C#N)C#N)c1cc(C(F)(F)F)ccc1-2. The van der Waals surface area contributed by atoms with Gasteiger partial charge in [0.15, 0.2) is 5.78 Å². The van der Waals surface area contributed by atoms with E-state index in [9.17, 15) is 18.0 Å². The lowest BCUT2D eigenvalue weighted by molar-refractivity contribution is -0.137. The highest BCUT2D eigenvalue weighted by atomic mass is 19.4. The normalized spacial score (nSPS) is 12.7. The molecular formula is C19H9F3N2O. The minimum absolute atomic E-state index is 0.0470. The number of halogens is 3. The maximum absolute atomic E-state index is 13.1. The minimum Gasteiger partial charge on any atom is -0.288 e. The molecular weight excluding hydrogens is 329 g/mol. The maximum Gasteiger partial charge on any atom is 0.416 e. The summed E-state index contributed by atoms with van der Waals surface area (Å²) in [7, 11) is 0. The van der Waals surface area contributed by atoms with E-state index in [0.717, 1.165) is 17.7 Å². The number of nitriles is 2. The van der Waals surface area contributed by atoms with Gasteiger partial charge in [0, 0.05) is 5.56 Å². The Labute approximate surface area is 141 Å². The fraction of sp³-hybridized carbons (Fsp3) is 0.105. The summed E-state index contributed by atoms with van der Waals surface area (Å²) in [6, 6.07) is 11.2. The van der Waals surface area contributed by atoms with Gasteiger partial charge in [-0.15, -0.1) is 0 Å². The van der Waals surface area contributed by atoms with Crippen molar-refractivity contribution in [2.45, 2.75) is 13.1 Å². The Morgan fingerprint density at radius 1 is 0.920 bits per heavy atom. The second-order valence-corrected chi connectivity index (χ2v) is 5.61. The van der Waals surface area contributed by atoms with Crippen molar-refractivity contribution in [3.05, 3.63) is 64.2 Å². The van der Waals surface area contributed by atoms with E-state index in [1.54, 1.807) is 37.3 Å². The van der Waals surface area contributed by atoms with Crippen LogP contribution in [0, 0.1) is 29.6 Å². The molecule has 6 heteroatoms. The zero-order valence-electron chi connectivity index (χ0n) is 12.9. The first kappa shape index (κ1) is 16.5. The van der Waals surface area contributed by atoms with Crippen LogP contribution >= 0.6 is 0 Å². The van der Waals surface area contributed by atoms with Crippen LogP contribution in [0.1, 0.15) is 27.0 Å². The third-order valence-corrected chi connectivity index (χ3v) is 4.03. The Hall–Kier alpha value is -3.38. The first-order chi connectivity index (χ1) is 11.8. The van der Waals surface area contributed by atoms with Crippen LogP contribution in [0.2, 0.25) is 0 Å². The van der Waals surface area contributed by atoms with E-state index < -0.39 is 23.1 Å². The molecule has 1 aliphatic carbocycles. The summed E-state index contributed by atoms with van der Waals surface area (Å²) in [5.74, 6) is -0.622. The number of carbonyl (C=O) groups excluding carboxylic acids is 1. The first-order valence-corrected chi connectivity index (χ1v) is 7.19. The van der Waals surface area contributed by atoms with E-state index in [1.165, 1.54) is 6.07 Å². The Bertz CT molecular complexity index is 1020. The van der Waals surface area contributed by atoms with Crippen molar-refractivity contribution in [1.29, 1.82) is 10.5 Å². The smallest absolute Gasteiger partial charge is 0.288 e. The van der Waals surface area contributed by atoms with Gasteiger partial charge < -0.3 is 0 Å². The van der Waals surface area contributed by atoms with Crippen LogP contribution in [0.5, 0.6) is 0 Å². The van der Waals surface area contributed by atoms with Crippen molar-refractivity contribution in [2.75, 3.05) is 0 Å². The molecule has 0 saturated heterocycles. The lowest BCUT2D eigenvalue weighted by atomic mass is 9.78. The Balaban J connectivity index is 2.44. The van der Waals surface area contributed by atoms with Gasteiger partial charge in [-0.3, -0.25) is 4.79 Å². The Morgan fingerprint density at radius 2 is 1.52 bits per heavy atom. The molecule has 0 amide bonds. The fourth-order valence-electron chi connectivity index (χ4n) is 2.89. The number of ketones is 1. The van der Waals surface area contributed by atoms with Crippen LogP contribution in [0.4, 0.5) is 13.2 Å². The monoisotopic (exact) mass is 338 g/mol. The third kappa shape index (κ3) is 2.58. The largest absolute Gasteiger partial charge is 0.416 e. The molecule has 3 rings (SSSR count). The molecule has 0 radical (unpaired) electrons. The fourth-order valence-corrected chi connectivity index (χ4v) is 2.89. The highest BCUT2D eigenvalue weighted by Crippen LogP contribution is 2.43. The summed E-state index contributed by atoms with van der Waals surface area (Å²) in [6.07, 6.45) is -4.60. The number of aryl methyl sites for hydroxylation is 1. The number of Topliss-reactive ketones (excluding diaryl/α,β-unsaturated/α-hetero) is 1. The molecule has 2 aromatic carbocycles. The van der Waals surface area contributed by atoms with Crippen molar-refractivity contribution in [3.63, 3.8) is 0 Å². The average Bonchev–Trinajstić information content (AvgIpc) is 2.57. The average molecular weight is 338 g/mol. The molecule has 0 aromatic heterocycles. The van der Waals surface area contributed by atoms with E-state index in [4.69, 9.17) is 10.5 Å². The maximum atomic E-state index is 13.1. The molecule has 0 aliphatic heterocycles. The topological polar surface area (TPSA) is 64.7 Å². The van der Waals surface area contributed by atoms with Crippen LogP contribution in [0.3, 0.4) is 0 Å². The quantitative estimate of drug-likeness (QED) is 0.517. The number of fused-ring (bicyclic) bond motifs is 3. The predicted octanol–water partition coefficient (Wildman–Crippen LogP) is 4.68. The van der Waals surface area contributed by atoms with E-state index in [2.05, 4.69) is 0 Å². The second kappa shape index (κ2) is 5.61. The van der Waals surface area contributed by atoms with Gasteiger partial charge in [0.25, 0.3) is 0 Å². The highest BCUT2D eigenvalue weighted by Gasteiger charge is 2.35. The molecule has 0 saturated carbocycles. The second-order valence-electron chi connectivity index (χ2n) is 5.61. The van der Waals surface area contributed by atoms with E-state index in [1.807, 2.05) is 0 Å². The molecule has 3 nitrogen and oxygen atoms in total. The lowest BCUT2D eigenvalue weighted by Crippen LogP contribution is -2.15. The Kier molecular flexibility index (Phi) is 3.70. The number of alkyl halides is 3. The van der Waals surface area contributed by atoms with Gasteiger partial charge in [0.1, 0.15) is 17.7 Å². The van der Waals surface area contributed by atoms with Crippen molar-refractivity contribution >= 4 is 11.4 Å². The molecule has 0 spiro atoms. The summed E-state index contributed by atoms with van der Waals surface area (Å²) < 4.78 is 39.2. The van der Waals surface area contributed by atoms with Gasteiger partial charge in [0.05, 0.1) is 11.1 Å². The van der Waals surface area contributed by atoms with Gasteiger partial charge in [-0.05, 0) is 41.8 Å². The Morgan fingerprint density at radius 3 is 2.12 bits per heavy atom. The highest BCUT2D eigenvalue weighted by molar-refractivity contribution is 6.35. The molecule has 0 bridgehead atoms. The van der Waals surface area contributed by atoms with Crippen LogP contribution < -0.4 is 0 Å². The minimum atomic E-state index is -4.60. The zero-order chi connectivity index (χ0) is 18.4. The lowest BCUT2D eigenvalue weighted by Gasteiger charge is -2.23. The molecule has 0 heterocycles. The van der Waals surface area contributed by atoms with Crippen LogP contribution in [0.25, 0.3) is 16.7 Å². The molecule has 0 atom stereocenters. The molecule has 2 aromatic rings. The van der Waals surface area contributed by atoms with Gasteiger partial charge in [-0.1, -0.05) is 23.8 Å². The van der Waals surface area contributed by atoms with E-state index >= 15 is 0 Å². The summed E-state index contributed by atoms with van der Waals surface area (Å²) in [5.41, 5.74) is 0.153. The van der Waals surface area contributed by atoms with E-state index in [-0.39, 0.29) is 16.7 Å². The number of hydrogen-bond acceptors (Lipinski definition) is 3. The summed E-state index contributed by atoms with van der Waals surface area (Å²) in [4.78, 5) is 12.8. The molecule has 0 unspecified atom stereocenters. The van der Waals surface area contributed by atoms with Crippen LogP contribution in [-0.2, 0) is 6.18 Å². The van der Waals surface area contributed by atoms with Gasteiger partial charge in [-0.25, -0.2) is 0 Å². The van der Waals surface area contributed by atoms with Gasteiger partial charge in [-0.2, -0.15) is 23.7 Å². The summed E-state index contributed by atoms with van der Waals surface area (Å²) >= 11 is 0. The molecule has 122 valence electrons. The van der Waals surface area contributed by atoms with Gasteiger partial charge >= 0.3 is 6.18 Å². The number of allylic oxidation sites excluding steroid dienone is 2. The molecule has 0 N–H and O–H groups in total. The van der Waals surface area contributed by atoms with Crippen molar-refractivity contribution in [3.8, 4) is 23.3 Å². The first-order valence-electron chi connectivity index (χ1n) is 7.19. The van der Waals surface area contributed by atoms with Gasteiger partial charge in [0.2, 0.25) is 0 Å². The number of rotatable bonds is 0. The number of benzene rings is 2. The molecule has 0 fully saturated rings. The van der Waals surface area contributed by atoms with Crippen molar-refractivity contribution < 1.29 is 18.0 Å². The summed E-state index contributed by atoms with van der Waals surface area (Å²) in [6.45, 7) is 1.77. The van der Waals surface area contributed by atoms with Crippen molar-refractivity contribution in [1.82, 2.24) is 0 Å². The predicted molar refractivity (Wildman–Crippen MR) is 84.1 cm³/mol. The molecule has 25 heavy (non-hydrogen) atoms. The van der Waals surface area contributed by atoms with Crippen molar-refractivity contribution in [2.24, 2.45) is 0 Å². The summed E-state index contributed by atoms with van der Waals surface area (Å²) in [5, 5.41) is 18.3. The van der Waals surface area contributed by atoms with E-state index in [0.29, 0.717) is 11.1 Å². The number of carbonyl (C=O) groups is 1. The number of nitrogens with zero attached hydrogens (tertiary/aromatic N) is 2. The zero-order valence-corrected chi connectivity index (χ0v) is 12.9. The standard InChI is InChI=1S/C19H9F3N2O/c1-10-2-4-14-13-5-3-12(19(20,21)22)7-15(13)17(11(8-23)9-24)18(25)16(14)6-10/h2-7H,1H3.